The van der Waals surface area contributed by atoms with Gasteiger partial charge in [-0.05, 0) is 48.9 Å². The van der Waals surface area contributed by atoms with E-state index in [2.05, 4.69) is 9.97 Å². The Bertz CT molecular complexity index is 1640. The largest absolute Gasteiger partial charge is 0.477 e. The first kappa shape index (κ1) is 21.2. The molecule has 3 aromatic heterocycles. The zero-order chi connectivity index (χ0) is 23.3. The molecule has 0 spiro atoms. The number of hydrogen-bond donors (Lipinski definition) is 2. The maximum atomic E-state index is 12.6. The number of rotatable bonds is 4. The van der Waals surface area contributed by atoms with Crippen LogP contribution in [0.4, 0.5) is 0 Å². The molecule has 2 N–H and O–H groups in total. The van der Waals surface area contributed by atoms with Crippen molar-refractivity contribution in [3.05, 3.63) is 98.1 Å². The first-order valence-corrected chi connectivity index (χ1v) is 10.9. The van der Waals surface area contributed by atoms with Crippen LogP contribution in [0.25, 0.3) is 32.9 Å². The molecule has 0 atom stereocenters. The first-order chi connectivity index (χ1) is 15.8. The quantitative estimate of drug-likeness (QED) is 0.315. The Kier molecular flexibility index (Phi) is 5.19. The Balaban J connectivity index is 1.84. The van der Waals surface area contributed by atoms with Crippen molar-refractivity contribution in [2.45, 2.75) is 13.5 Å². The van der Waals surface area contributed by atoms with Gasteiger partial charge < -0.3 is 14.7 Å². The molecule has 2 aromatic carbocycles. The number of carboxylic acid groups (broad SMARTS) is 1. The number of H-pyrrole nitrogens is 1. The van der Waals surface area contributed by atoms with Crippen molar-refractivity contribution < 1.29 is 9.90 Å². The molecule has 8 heteroatoms. The van der Waals surface area contributed by atoms with E-state index in [0.29, 0.717) is 27.1 Å². The van der Waals surface area contributed by atoms with Crippen LogP contribution in [0, 0.1) is 6.92 Å². The average Bonchev–Trinajstić information content (AvgIpc) is 3.08. The predicted molar refractivity (Wildman–Crippen MR) is 131 cm³/mol. The SMILES string of the molecule is Cc1cc2c(-c3ccc[nH]c3=O)c(C(=O)O)n(Cc3cc4ccccc4nc3Cl)c2cc1Cl. The molecule has 0 bridgehead atoms. The number of aromatic amines is 1. The molecule has 5 rings (SSSR count). The van der Waals surface area contributed by atoms with E-state index in [4.69, 9.17) is 23.2 Å². The third-order valence-corrected chi connectivity index (χ3v) is 6.45. The maximum absolute atomic E-state index is 12.6. The topological polar surface area (TPSA) is 88.0 Å². The van der Waals surface area contributed by atoms with Gasteiger partial charge in [0, 0.05) is 38.7 Å². The molecule has 0 unspecified atom stereocenters. The number of halogens is 2. The lowest BCUT2D eigenvalue weighted by atomic mass is 10.0. The Morgan fingerprint density at radius 1 is 1.12 bits per heavy atom. The summed E-state index contributed by atoms with van der Waals surface area (Å²) in [5.74, 6) is -1.16. The number of para-hydroxylation sites is 1. The average molecular weight is 478 g/mol. The summed E-state index contributed by atoms with van der Waals surface area (Å²) in [5, 5.41) is 12.5. The number of fused-ring (bicyclic) bond motifs is 2. The van der Waals surface area contributed by atoms with Crippen LogP contribution in [0.2, 0.25) is 10.2 Å². The fraction of sp³-hybridized carbons (Fsp3) is 0.0800. The van der Waals surface area contributed by atoms with E-state index >= 15 is 0 Å². The standard InChI is InChI=1S/C25H17Cl2N3O3/c1-13-9-17-20(11-18(13)26)30(12-15-10-14-5-2-3-7-19(14)29-23(15)27)22(25(32)33)21(17)16-6-4-8-28-24(16)31/h2-11H,12H2,1H3,(H,28,31)(H,32,33). The molecule has 3 heterocycles. The third kappa shape index (κ3) is 3.57. The molecule has 164 valence electrons. The number of pyridine rings is 2. The Labute approximate surface area is 198 Å². The highest BCUT2D eigenvalue weighted by atomic mass is 35.5. The highest BCUT2D eigenvalue weighted by Crippen LogP contribution is 2.37. The van der Waals surface area contributed by atoms with E-state index in [1.165, 1.54) is 6.20 Å². The van der Waals surface area contributed by atoms with Crippen molar-refractivity contribution >= 4 is 51.0 Å². The van der Waals surface area contributed by atoms with Gasteiger partial charge >= 0.3 is 5.97 Å². The summed E-state index contributed by atoms with van der Waals surface area (Å²) in [6.07, 6.45) is 1.51. The van der Waals surface area contributed by atoms with Gasteiger partial charge in [-0.3, -0.25) is 4.79 Å². The number of carbonyl (C=O) groups is 1. The minimum atomic E-state index is -1.16. The zero-order valence-corrected chi connectivity index (χ0v) is 18.9. The molecule has 6 nitrogen and oxygen atoms in total. The number of aryl methyl sites for hydroxylation is 1. The van der Waals surface area contributed by atoms with Crippen molar-refractivity contribution in [3.63, 3.8) is 0 Å². The van der Waals surface area contributed by atoms with Crippen LogP contribution in [0.15, 0.2) is 65.6 Å². The highest BCUT2D eigenvalue weighted by molar-refractivity contribution is 6.32. The van der Waals surface area contributed by atoms with E-state index in [0.717, 1.165) is 16.5 Å². The van der Waals surface area contributed by atoms with Crippen LogP contribution in [-0.4, -0.2) is 25.6 Å². The van der Waals surface area contributed by atoms with Crippen LogP contribution in [0.5, 0.6) is 0 Å². The van der Waals surface area contributed by atoms with Gasteiger partial charge in [0.15, 0.2) is 0 Å². The zero-order valence-electron chi connectivity index (χ0n) is 17.4. The molecular weight excluding hydrogens is 461 g/mol. The monoisotopic (exact) mass is 477 g/mol. The van der Waals surface area contributed by atoms with Crippen molar-refractivity contribution in [2.24, 2.45) is 0 Å². The van der Waals surface area contributed by atoms with Crippen LogP contribution in [-0.2, 0) is 6.54 Å². The lowest BCUT2D eigenvalue weighted by Gasteiger charge is -2.12. The molecule has 0 amide bonds. The van der Waals surface area contributed by atoms with E-state index in [-0.39, 0.29) is 28.5 Å². The number of aromatic carboxylic acids is 1. The minimum absolute atomic E-state index is 0.0207. The van der Waals surface area contributed by atoms with Gasteiger partial charge in [0.2, 0.25) is 0 Å². The molecule has 0 aliphatic heterocycles. The van der Waals surface area contributed by atoms with E-state index in [1.54, 1.807) is 22.8 Å². The van der Waals surface area contributed by atoms with Gasteiger partial charge in [-0.25, -0.2) is 9.78 Å². The van der Waals surface area contributed by atoms with Gasteiger partial charge in [0.1, 0.15) is 10.8 Å². The summed E-state index contributed by atoms with van der Waals surface area (Å²) in [6, 6.07) is 16.3. The third-order valence-electron chi connectivity index (χ3n) is 5.71. The maximum Gasteiger partial charge on any atom is 0.353 e. The Hall–Kier alpha value is -3.61. The molecule has 5 aromatic rings. The smallest absolute Gasteiger partial charge is 0.353 e. The Morgan fingerprint density at radius 2 is 1.91 bits per heavy atom. The van der Waals surface area contributed by atoms with Crippen molar-refractivity contribution in [1.82, 2.24) is 14.5 Å². The van der Waals surface area contributed by atoms with Gasteiger partial charge in [-0.15, -0.1) is 0 Å². The number of hydrogen-bond acceptors (Lipinski definition) is 3. The molecule has 33 heavy (non-hydrogen) atoms. The van der Waals surface area contributed by atoms with Gasteiger partial charge in [0.05, 0.1) is 17.6 Å². The predicted octanol–water partition coefficient (Wildman–Crippen LogP) is 5.91. The number of benzene rings is 2. The summed E-state index contributed by atoms with van der Waals surface area (Å²) in [6.45, 7) is 1.97. The minimum Gasteiger partial charge on any atom is -0.477 e. The lowest BCUT2D eigenvalue weighted by molar-refractivity contribution is 0.0687. The Morgan fingerprint density at radius 3 is 2.67 bits per heavy atom. The first-order valence-electron chi connectivity index (χ1n) is 10.1. The summed E-state index contributed by atoms with van der Waals surface area (Å²) < 4.78 is 1.63. The van der Waals surface area contributed by atoms with Crippen molar-refractivity contribution in [2.75, 3.05) is 0 Å². The van der Waals surface area contributed by atoms with Crippen LogP contribution in [0.3, 0.4) is 0 Å². The summed E-state index contributed by atoms with van der Waals surface area (Å²) >= 11 is 12.9. The second-order valence-corrected chi connectivity index (χ2v) is 8.54. The van der Waals surface area contributed by atoms with E-state index in [9.17, 15) is 14.7 Å². The number of nitrogens with one attached hydrogen (secondary N) is 1. The number of carboxylic acids is 1. The van der Waals surface area contributed by atoms with Crippen molar-refractivity contribution in [1.29, 1.82) is 0 Å². The summed E-state index contributed by atoms with van der Waals surface area (Å²) in [5.41, 5.74) is 2.97. The second kappa shape index (κ2) is 8.06. The molecular formula is C25H17Cl2N3O3. The lowest BCUT2D eigenvalue weighted by Crippen LogP contribution is -2.14. The van der Waals surface area contributed by atoms with Gasteiger partial charge in [-0.2, -0.15) is 0 Å². The van der Waals surface area contributed by atoms with Gasteiger partial charge in [0.25, 0.3) is 5.56 Å². The summed E-state index contributed by atoms with van der Waals surface area (Å²) in [4.78, 5) is 32.3. The fourth-order valence-corrected chi connectivity index (χ4v) is 4.54. The molecule has 0 radical (unpaired) electrons. The van der Waals surface area contributed by atoms with Crippen LogP contribution < -0.4 is 5.56 Å². The molecule has 0 saturated carbocycles. The van der Waals surface area contributed by atoms with Crippen LogP contribution in [0.1, 0.15) is 21.6 Å². The normalized spacial score (nSPS) is 11.4. The summed E-state index contributed by atoms with van der Waals surface area (Å²) in [7, 11) is 0. The second-order valence-electron chi connectivity index (χ2n) is 7.78. The number of nitrogens with zero attached hydrogens (tertiary/aromatic N) is 2. The van der Waals surface area contributed by atoms with Crippen molar-refractivity contribution in [3.8, 4) is 11.1 Å². The van der Waals surface area contributed by atoms with E-state index in [1.807, 2.05) is 43.3 Å². The van der Waals surface area contributed by atoms with Crippen LogP contribution >= 0.6 is 23.2 Å². The van der Waals surface area contributed by atoms with E-state index < -0.39 is 5.97 Å². The highest BCUT2D eigenvalue weighted by Gasteiger charge is 2.26. The fourth-order valence-electron chi connectivity index (χ4n) is 4.17. The molecule has 0 aliphatic carbocycles. The molecule has 0 fully saturated rings. The van der Waals surface area contributed by atoms with Gasteiger partial charge in [-0.1, -0.05) is 41.4 Å². The molecule has 0 saturated heterocycles. The molecule has 0 aliphatic rings. The number of aromatic nitrogens is 3.